The van der Waals surface area contributed by atoms with Gasteiger partial charge >= 0.3 is 11.9 Å². The molecule has 0 saturated heterocycles. The van der Waals surface area contributed by atoms with Gasteiger partial charge in [0, 0.05) is 12.8 Å². The van der Waals surface area contributed by atoms with E-state index in [4.69, 9.17) is 18.9 Å². The zero-order valence-electron chi connectivity index (χ0n) is 60.6. The molecule has 2 unspecified atom stereocenters. The van der Waals surface area contributed by atoms with Gasteiger partial charge in [-0.25, -0.2) is 0 Å². The van der Waals surface area contributed by atoms with E-state index >= 15 is 0 Å². The van der Waals surface area contributed by atoms with Crippen LogP contribution in [0, 0.1) is 0 Å². The van der Waals surface area contributed by atoms with Crippen molar-refractivity contribution in [2.24, 2.45) is 0 Å². The maximum Gasteiger partial charge on any atom is 0.306 e. The molecule has 0 aromatic carbocycles. The van der Waals surface area contributed by atoms with Crippen LogP contribution in [-0.4, -0.2) is 82.3 Å². The molecule has 0 heterocycles. The molecule has 0 radical (unpaired) electrons. The van der Waals surface area contributed by atoms with E-state index in [0.717, 1.165) is 109 Å². The Morgan fingerprint density at radius 3 is 0.935 bits per heavy atom. The Balaban J connectivity index is 4.19. The topological polar surface area (TPSA) is 111 Å². The van der Waals surface area contributed by atoms with Crippen LogP contribution in [0.15, 0.2) is 146 Å². The molecular weight excluding hydrogens is 1150 g/mol. The van der Waals surface area contributed by atoms with Gasteiger partial charge in [0.2, 0.25) is 0 Å². The summed E-state index contributed by atoms with van der Waals surface area (Å²) in [5.74, 6) is -2.33. The lowest BCUT2D eigenvalue weighted by Gasteiger charge is -2.26. The third kappa shape index (κ3) is 74.4. The second-order valence-electron chi connectivity index (χ2n) is 26.2. The van der Waals surface area contributed by atoms with Crippen LogP contribution in [0.25, 0.3) is 0 Å². The van der Waals surface area contributed by atoms with Crippen LogP contribution in [0.4, 0.5) is 0 Å². The van der Waals surface area contributed by atoms with E-state index in [0.29, 0.717) is 17.4 Å². The number of ether oxygens (including phenoxy) is 4. The number of carbonyl (C=O) groups is 3. The fourth-order valence-electron chi connectivity index (χ4n) is 10.3. The second-order valence-corrected chi connectivity index (χ2v) is 26.2. The average molecular weight is 1290 g/mol. The molecule has 0 amide bonds. The molecule has 0 saturated carbocycles. The van der Waals surface area contributed by atoms with Crippen LogP contribution in [-0.2, 0) is 33.3 Å². The molecule has 9 heteroatoms. The van der Waals surface area contributed by atoms with E-state index in [2.05, 4.69) is 160 Å². The van der Waals surface area contributed by atoms with Gasteiger partial charge in [-0.05, 0) is 122 Å². The standard InChI is InChI=1S/C84H141NO8/c1-6-8-10-12-14-16-18-20-22-24-26-28-30-32-34-36-38-39-40-41-42-43-45-47-49-51-53-55-57-59-61-63-65-67-69-71-73-75-82(87)93-80(79-92-84(83(88)89)90-77-76-85(3,4)5)78-91-81(86)74-72-70-68-66-64-62-60-58-56-54-52-50-48-46-44-37-35-33-31-29-27-25-23-21-19-17-15-13-11-9-7-2/h8,10,14,16,20,22,25-28,32,34,38-39,41-42,45,47,51,53,57,59,63,65,80,84H,6-7,9,11-13,15,17-19,21,23-24,29-31,33,35-37,40,43-44,46,48-50,52,54-56,58,60-62,64,66-79H2,1-5H3/b10-8-,16-14-,22-20-,27-25-,28-26-,34-32-,39-38-,42-41-,47-45-,53-51-,59-57-,65-63-. The summed E-state index contributed by atoms with van der Waals surface area (Å²) in [6, 6.07) is 0. The number of quaternary nitrogens is 1. The van der Waals surface area contributed by atoms with Crippen molar-refractivity contribution in [2.45, 2.75) is 322 Å². The zero-order valence-corrected chi connectivity index (χ0v) is 60.6. The van der Waals surface area contributed by atoms with Crippen LogP contribution >= 0.6 is 0 Å². The van der Waals surface area contributed by atoms with Crippen LogP contribution < -0.4 is 5.11 Å². The van der Waals surface area contributed by atoms with Crippen LogP contribution in [0.2, 0.25) is 0 Å². The number of unbranched alkanes of at least 4 members (excludes halogenated alkanes) is 30. The molecule has 2 atom stereocenters. The normalized spacial score (nSPS) is 13.5. The van der Waals surface area contributed by atoms with Gasteiger partial charge in [0.15, 0.2) is 12.4 Å². The third-order valence-electron chi connectivity index (χ3n) is 16.1. The summed E-state index contributed by atoms with van der Waals surface area (Å²) in [6.07, 6.45) is 104. The lowest BCUT2D eigenvalue weighted by Crippen LogP contribution is -2.44. The van der Waals surface area contributed by atoms with E-state index in [1.165, 1.54) is 167 Å². The highest BCUT2D eigenvalue weighted by Gasteiger charge is 2.22. The molecule has 0 aliphatic carbocycles. The number of rotatable bonds is 69. The van der Waals surface area contributed by atoms with Crippen molar-refractivity contribution in [1.29, 1.82) is 0 Å². The summed E-state index contributed by atoms with van der Waals surface area (Å²) in [5.41, 5.74) is 0. The quantitative estimate of drug-likeness (QED) is 0.0195. The van der Waals surface area contributed by atoms with Gasteiger partial charge in [-0.3, -0.25) is 9.59 Å². The first-order valence-corrected chi connectivity index (χ1v) is 38.0. The summed E-state index contributed by atoms with van der Waals surface area (Å²) in [7, 11) is 5.92. The molecular formula is C84H141NO8. The first-order valence-electron chi connectivity index (χ1n) is 38.0. The molecule has 93 heavy (non-hydrogen) atoms. The minimum Gasteiger partial charge on any atom is -0.545 e. The molecule has 0 N–H and O–H groups in total. The summed E-state index contributed by atoms with van der Waals surface area (Å²) < 4.78 is 22.8. The number of hydrogen-bond acceptors (Lipinski definition) is 8. The van der Waals surface area contributed by atoms with Gasteiger partial charge in [-0.1, -0.05) is 320 Å². The first-order chi connectivity index (χ1) is 45.6. The van der Waals surface area contributed by atoms with Crippen molar-refractivity contribution in [3.8, 4) is 0 Å². The summed E-state index contributed by atoms with van der Waals surface area (Å²) in [6.45, 7) is 4.61. The van der Waals surface area contributed by atoms with Crippen molar-refractivity contribution in [2.75, 3.05) is 47.5 Å². The highest BCUT2D eigenvalue weighted by atomic mass is 16.7. The van der Waals surface area contributed by atoms with Gasteiger partial charge in [0.1, 0.15) is 13.2 Å². The van der Waals surface area contributed by atoms with Crippen molar-refractivity contribution in [3.63, 3.8) is 0 Å². The van der Waals surface area contributed by atoms with Gasteiger partial charge in [-0.15, -0.1) is 0 Å². The molecule has 530 valence electrons. The Morgan fingerprint density at radius 2 is 0.613 bits per heavy atom. The number of carbonyl (C=O) groups excluding carboxylic acids is 3. The Bertz CT molecular complexity index is 2040. The predicted molar refractivity (Wildman–Crippen MR) is 398 cm³/mol. The number of nitrogens with zero attached hydrogens (tertiary/aromatic N) is 1. The summed E-state index contributed by atoms with van der Waals surface area (Å²) >= 11 is 0. The summed E-state index contributed by atoms with van der Waals surface area (Å²) in [4.78, 5) is 37.5. The number of likely N-dealkylation sites (N-methyl/N-ethyl adjacent to an activating group) is 1. The Hall–Kier alpha value is -4.83. The second kappa shape index (κ2) is 73.0. The fraction of sp³-hybridized carbons (Fsp3) is 0.679. The minimum absolute atomic E-state index is 0.135. The monoisotopic (exact) mass is 1290 g/mol. The number of carboxylic acid groups (broad SMARTS) is 1. The maximum absolute atomic E-state index is 12.9. The molecule has 0 spiro atoms. The van der Waals surface area contributed by atoms with E-state index < -0.39 is 24.3 Å². The molecule has 0 aliphatic heterocycles. The highest BCUT2D eigenvalue weighted by molar-refractivity contribution is 5.70. The van der Waals surface area contributed by atoms with Gasteiger partial charge in [-0.2, -0.15) is 0 Å². The molecule has 0 rings (SSSR count). The van der Waals surface area contributed by atoms with Crippen molar-refractivity contribution < 1.29 is 42.9 Å². The molecule has 0 bridgehead atoms. The van der Waals surface area contributed by atoms with E-state index in [1.54, 1.807) is 0 Å². The predicted octanol–water partition coefficient (Wildman–Crippen LogP) is 22.9. The van der Waals surface area contributed by atoms with E-state index in [9.17, 15) is 19.5 Å². The molecule has 9 nitrogen and oxygen atoms in total. The Labute approximate surface area is 572 Å². The van der Waals surface area contributed by atoms with Gasteiger partial charge in [0.05, 0.1) is 40.3 Å². The van der Waals surface area contributed by atoms with Crippen LogP contribution in [0.5, 0.6) is 0 Å². The number of allylic oxidation sites excluding steroid dienone is 24. The maximum atomic E-state index is 12.9. The third-order valence-corrected chi connectivity index (χ3v) is 16.1. The lowest BCUT2D eigenvalue weighted by atomic mass is 10.0. The smallest absolute Gasteiger partial charge is 0.306 e. The zero-order chi connectivity index (χ0) is 67.5. The largest absolute Gasteiger partial charge is 0.545 e. The fourth-order valence-corrected chi connectivity index (χ4v) is 10.3. The van der Waals surface area contributed by atoms with E-state index in [-0.39, 0.29) is 38.6 Å². The highest BCUT2D eigenvalue weighted by Crippen LogP contribution is 2.17. The molecule has 0 fully saturated rings. The SMILES string of the molecule is CC/C=C\C/C=C\C/C=C\C/C=C\C/C=C\C/C=C\C/C=C\C/C=C\C/C=C\C/C=C\C/C=C\CCCCCC(=O)OC(COC(=O)CCCCCCCCCCCCCCCCCCCCC/C=C\CCCCCCCCCC)COC(OCC[N+](C)(C)C)C(=O)[O-]. The van der Waals surface area contributed by atoms with Gasteiger partial charge in [0.25, 0.3) is 0 Å². The number of esters is 2. The van der Waals surface area contributed by atoms with Gasteiger partial charge < -0.3 is 33.3 Å². The molecule has 0 aromatic heterocycles. The molecule has 0 aliphatic rings. The van der Waals surface area contributed by atoms with E-state index in [1.807, 2.05) is 21.1 Å². The average Bonchev–Trinajstić information content (AvgIpc) is 3.73. The Morgan fingerprint density at radius 1 is 0.333 bits per heavy atom. The van der Waals surface area contributed by atoms with Crippen LogP contribution in [0.3, 0.4) is 0 Å². The van der Waals surface area contributed by atoms with Crippen molar-refractivity contribution in [1.82, 2.24) is 0 Å². The van der Waals surface area contributed by atoms with Crippen molar-refractivity contribution in [3.05, 3.63) is 146 Å². The number of carboxylic acids is 1. The summed E-state index contributed by atoms with van der Waals surface area (Å²) in [5, 5.41) is 11.8. The Kier molecular flexibility index (Phi) is 69.2. The number of hydrogen-bond donors (Lipinski definition) is 0. The first kappa shape index (κ1) is 88.2. The van der Waals surface area contributed by atoms with Crippen molar-refractivity contribution >= 4 is 17.9 Å². The lowest BCUT2D eigenvalue weighted by molar-refractivity contribution is -0.870. The minimum atomic E-state index is -1.64. The van der Waals surface area contributed by atoms with Crippen LogP contribution in [0.1, 0.15) is 309 Å². The molecule has 0 aromatic rings. The number of aliphatic carboxylic acids is 1.